The van der Waals surface area contributed by atoms with Crippen LogP contribution in [-0.4, -0.2) is 83.3 Å². The highest BCUT2D eigenvalue weighted by molar-refractivity contribution is 5.93. The van der Waals surface area contributed by atoms with Crippen molar-refractivity contribution >= 4 is 17.7 Å². The largest absolute Gasteiger partial charge is 0.343 e. The van der Waals surface area contributed by atoms with Gasteiger partial charge in [-0.25, -0.2) is 0 Å². The van der Waals surface area contributed by atoms with Crippen LogP contribution in [0, 0.1) is 11.8 Å². The number of amides is 3. The van der Waals surface area contributed by atoms with E-state index in [4.69, 9.17) is 0 Å². The number of benzene rings is 1. The van der Waals surface area contributed by atoms with Crippen LogP contribution in [0.3, 0.4) is 0 Å². The quantitative estimate of drug-likeness (QED) is 0.394. The Balaban J connectivity index is 1.68. The lowest BCUT2D eigenvalue weighted by molar-refractivity contribution is -0.140. The first kappa shape index (κ1) is 32.8. The Labute approximate surface area is 248 Å². The third kappa shape index (κ3) is 8.43. The molecule has 3 atom stereocenters. The normalized spacial score (nSPS) is 20.8. The van der Waals surface area contributed by atoms with E-state index in [-0.39, 0.29) is 47.7 Å². The molecular formula is C34H54N4O3. The SMILES string of the molecule is C/C(=C\[C@H](C(C)C)N(C)C(=O)[C@@H](NC(=O)[C@H]1CCCCN1C(C)C)C(C)C)C(=O)N1CCC(c2ccccc2)CC1. The molecule has 2 aliphatic heterocycles. The van der Waals surface area contributed by atoms with Gasteiger partial charge in [-0.2, -0.15) is 0 Å². The summed E-state index contributed by atoms with van der Waals surface area (Å²) in [6, 6.07) is 9.75. The lowest BCUT2D eigenvalue weighted by Gasteiger charge is -2.39. The van der Waals surface area contributed by atoms with Crippen LogP contribution in [0.15, 0.2) is 42.0 Å². The van der Waals surface area contributed by atoms with Crippen molar-refractivity contribution in [2.24, 2.45) is 11.8 Å². The van der Waals surface area contributed by atoms with Crippen molar-refractivity contribution < 1.29 is 14.4 Å². The zero-order chi connectivity index (χ0) is 30.3. The second kappa shape index (κ2) is 15.0. The van der Waals surface area contributed by atoms with E-state index in [9.17, 15) is 14.4 Å². The summed E-state index contributed by atoms with van der Waals surface area (Å²) < 4.78 is 0. The first-order valence-corrected chi connectivity index (χ1v) is 15.8. The molecule has 41 heavy (non-hydrogen) atoms. The maximum Gasteiger partial charge on any atom is 0.249 e. The van der Waals surface area contributed by atoms with E-state index in [0.717, 1.165) is 51.7 Å². The van der Waals surface area contributed by atoms with Crippen LogP contribution >= 0.6 is 0 Å². The molecule has 0 unspecified atom stereocenters. The van der Waals surface area contributed by atoms with Crippen molar-refractivity contribution in [1.82, 2.24) is 20.0 Å². The maximum atomic E-state index is 13.9. The summed E-state index contributed by atoms with van der Waals surface area (Å²) in [4.78, 5) is 46.7. The average Bonchev–Trinajstić information content (AvgIpc) is 2.97. The Morgan fingerprint density at radius 3 is 2.10 bits per heavy atom. The van der Waals surface area contributed by atoms with Crippen LogP contribution in [0.5, 0.6) is 0 Å². The van der Waals surface area contributed by atoms with Crippen LogP contribution in [-0.2, 0) is 14.4 Å². The van der Waals surface area contributed by atoms with Gasteiger partial charge >= 0.3 is 0 Å². The maximum absolute atomic E-state index is 13.9. The number of rotatable bonds is 10. The first-order valence-electron chi connectivity index (χ1n) is 15.8. The van der Waals surface area contributed by atoms with E-state index in [0.29, 0.717) is 11.5 Å². The number of nitrogens with zero attached hydrogens (tertiary/aromatic N) is 3. The number of hydrogen-bond donors (Lipinski definition) is 1. The molecule has 2 aliphatic rings. The Morgan fingerprint density at radius 2 is 1.54 bits per heavy atom. The van der Waals surface area contributed by atoms with E-state index in [1.165, 1.54) is 5.56 Å². The van der Waals surface area contributed by atoms with Gasteiger partial charge in [-0.3, -0.25) is 19.3 Å². The van der Waals surface area contributed by atoms with E-state index in [2.05, 4.69) is 62.2 Å². The predicted molar refractivity (Wildman–Crippen MR) is 166 cm³/mol. The molecule has 3 rings (SSSR count). The topological polar surface area (TPSA) is 73.0 Å². The van der Waals surface area contributed by atoms with Crippen LogP contribution in [0.1, 0.15) is 92.1 Å². The fraction of sp³-hybridized carbons (Fsp3) is 0.676. The summed E-state index contributed by atoms with van der Waals surface area (Å²) in [6.45, 7) is 16.6. The first-order chi connectivity index (χ1) is 19.4. The molecule has 1 aromatic rings. The zero-order valence-corrected chi connectivity index (χ0v) is 26.7. The molecule has 1 N–H and O–H groups in total. The molecule has 0 spiro atoms. The van der Waals surface area contributed by atoms with Crippen molar-refractivity contribution in [3.05, 3.63) is 47.5 Å². The van der Waals surface area contributed by atoms with Crippen molar-refractivity contribution in [1.29, 1.82) is 0 Å². The Kier molecular flexibility index (Phi) is 12.0. The molecule has 2 saturated heterocycles. The average molecular weight is 567 g/mol. The van der Waals surface area contributed by atoms with Gasteiger partial charge in [-0.1, -0.05) is 70.5 Å². The van der Waals surface area contributed by atoms with Crippen LogP contribution in [0.2, 0.25) is 0 Å². The lowest BCUT2D eigenvalue weighted by Crippen LogP contribution is -2.58. The summed E-state index contributed by atoms with van der Waals surface area (Å²) in [5.41, 5.74) is 2.01. The summed E-state index contributed by atoms with van der Waals surface area (Å²) >= 11 is 0. The van der Waals surface area contributed by atoms with Crippen LogP contribution in [0.25, 0.3) is 0 Å². The predicted octanol–water partition coefficient (Wildman–Crippen LogP) is 5.23. The lowest BCUT2D eigenvalue weighted by atomic mass is 9.89. The number of carbonyl (C=O) groups excluding carboxylic acids is 3. The molecule has 2 heterocycles. The zero-order valence-electron chi connectivity index (χ0n) is 26.7. The highest BCUT2D eigenvalue weighted by atomic mass is 16.2. The van der Waals surface area contributed by atoms with Gasteiger partial charge in [0.2, 0.25) is 17.7 Å². The number of carbonyl (C=O) groups is 3. The van der Waals surface area contributed by atoms with E-state index >= 15 is 0 Å². The minimum atomic E-state index is -0.619. The second-order valence-corrected chi connectivity index (χ2v) is 13.1. The van der Waals surface area contributed by atoms with E-state index in [1.807, 2.05) is 37.8 Å². The molecule has 228 valence electrons. The van der Waals surface area contributed by atoms with Gasteiger partial charge in [-0.15, -0.1) is 0 Å². The number of likely N-dealkylation sites (tertiary alicyclic amines) is 2. The molecule has 0 aliphatic carbocycles. The minimum absolute atomic E-state index is 0.0443. The molecule has 7 heteroatoms. The monoisotopic (exact) mass is 566 g/mol. The van der Waals surface area contributed by atoms with Gasteiger partial charge in [0.05, 0.1) is 12.1 Å². The van der Waals surface area contributed by atoms with Crippen molar-refractivity contribution in [3.63, 3.8) is 0 Å². The fourth-order valence-electron chi connectivity index (χ4n) is 6.45. The van der Waals surface area contributed by atoms with E-state index < -0.39 is 6.04 Å². The summed E-state index contributed by atoms with van der Waals surface area (Å²) in [7, 11) is 1.80. The molecule has 0 bridgehead atoms. The second-order valence-electron chi connectivity index (χ2n) is 13.1. The summed E-state index contributed by atoms with van der Waals surface area (Å²) in [5, 5.41) is 3.12. The minimum Gasteiger partial charge on any atom is -0.343 e. The fourth-order valence-corrected chi connectivity index (χ4v) is 6.45. The third-order valence-electron chi connectivity index (χ3n) is 9.03. The standard InChI is InChI=1S/C34H54N4O3/c1-23(2)30(22-26(7)33(40)37-20-17-28(18-21-37)27-14-10-9-11-15-27)36(8)34(41)31(24(3)4)35-32(39)29-16-12-13-19-38(29)25(5)6/h9-11,14-15,22-25,28-31H,12-13,16-21H2,1-8H3,(H,35,39)/b26-22+/t29-,30-,31+/m1/s1. The van der Waals surface area contributed by atoms with Crippen molar-refractivity contribution in [3.8, 4) is 0 Å². The van der Waals surface area contributed by atoms with Crippen molar-refractivity contribution in [2.45, 2.75) is 111 Å². The molecule has 0 radical (unpaired) electrons. The number of piperidine rings is 2. The molecule has 3 amide bonds. The third-order valence-corrected chi connectivity index (χ3v) is 9.03. The van der Waals surface area contributed by atoms with Crippen LogP contribution in [0.4, 0.5) is 0 Å². The molecule has 2 fully saturated rings. The molecule has 7 nitrogen and oxygen atoms in total. The van der Waals surface area contributed by atoms with Gasteiger partial charge in [-0.05, 0) is 76.3 Å². The summed E-state index contributed by atoms with van der Waals surface area (Å²) in [6.07, 6.45) is 6.82. The van der Waals surface area contributed by atoms with Gasteiger partial charge in [0, 0.05) is 31.8 Å². The number of hydrogen-bond acceptors (Lipinski definition) is 4. The Morgan fingerprint density at radius 1 is 0.902 bits per heavy atom. The summed E-state index contributed by atoms with van der Waals surface area (Å²) in [5.74, 6) is 0.410. The van der Waals surface area contributed by atoms with Gasteiger partial charge in [0.15, 0.2) is 0 Å². The van der Waals surface area contributed by atoms with Gasteiger partial charge in [0.1, 0.15) is 6.04 Å². The molecule has 0 aromatic heterocycles. The molecule has 1 aromatic carbocycles. The molecular weight excluding hydrogens is 512 g/mol. The van der Waals surface area contributed by atoms with E-state index in [1.54, 1.807) is 11.9 Å². The van der Waals surface area contributed by atoms with Gasteiger partial charge in [0.25, 0.3) is 0 Å². The highest BCUT2D eigenvalue weighted by Crippen LogP contribution is 2.29. The van der Waals surface area contributed by atoms with Crippen molar-refractivity contribution in [2.75, 3.05) is 26.7 Å². The van der Waals surface area contributed by atoms with Crippen LogP contribution < -0.4 is 5.32 Å². The Bertz CT molecular complexity index is 1040. The number of nitrogens with one attached hydrogen (secondary N) is 1. The number of likely N-dealkylation sites (N-methyl/N-ethyl adjacent to an activating group) is 1. The van der Waals surface area contributed by atoms with Gasteiger partial charge < -0.3 is 15.1 Å². The molecule has 0 saturated carbocycles. The smallest absolute Gasteiger partial charge is 0.249 e. The highest BCUT2D eigenvalue weighted by Gasteiger charge is 2.36. The Hall–Kier alpha value is -2.67.